The number of nitriles is 1. The predicted octanol–water partition coefficient (Wildman–Crippen LogP) is 2.38. The highest BCUT2D eigenvalue weighted by atomic mass is 16.6. The number of nitro benzene ring substituents is 1. The lowest BCUT2D eigenvalue weighted by molar-refractivity contribution is -0.384. The zero-order valence-corrected chi connectivity index (χ0v) is 11.0. The smallest absolute Gasteiger partial charge is 0.303 e. The Morgan fingerprint density at radius 2 is 2.30 bits per heavy atom. The number of hydrogen-bond donors (Lipinski definition) is 2. The van der Waals surface area contributed by atoms with E-state index in [1.54, 1.807) is 0 Å². The summed E-state index contributed by atoms with van der Waals surface area (Å²) in [6.07, 6.45) is 0.560. The Labute approximate surface area is 116 Å². The van der Waals surface area contributed by atoms with Gasteiger partial charge in [0.1, 0.15) is 5.69 Å². The van der Waals surface area contributed by atoms with Gasteiger partial charge in [0.25, 0.3) is 5.69 Å². The van der Waals surface area contributed by atoms with E-state index in [1.165, 1.54) is 18.2 Å². The van der Waals surface area contributed by atoms with Crippen LogP contribution in [0.4, 0.5) is 11.4 Å². The quantitative estimate of drug-likeness (QED) is 0.583. The number of anilines is 1. The number of aliphatic carboxylic acids is 1. The van der Waals surface area contributed by atoms with E-state index in [2.05, 4.69) is 5.32 Å². The van der Waals surface area contributed by atoms with Crippen LogP contribution in [0, 0.1) is 27.4 Å². The largest absolute Gasteiger partial charge is 0.481 e. The van der Waals surface area contributed by atoms with Crippen molar-refractivity contribution < 1.29 is 14.8 Å². The highest BCUT2D eigenvalue weighted by Crippen LogP contribution is 2.25. The molecule has 0 heterocycles. The minimum Gasteiger partial charge on any atom is -0.481 e. The van der Waals surface area contributed by atoms with E-state index in [4.69, 9.17) is 10.4 Å². The molecule has 2 N–H and O–H groups in total. The average molecular weight is 277 g/mol. The Hall–Kier alpha value is -2.62. The van der Waals surface area contributed by atoms with Crippen molar-refractivity contribution in [2.24, 2.45) is 5.92 Å². The molecular weight excluding hydrogens is 262 g/mol. The first-order chi connectivity index (χ1) is 9.43. The average Bonchev–Trinajstić information content (AvgIpc) is 2.42. The van der Waals surface area contributed by atoms with Gasteiger partial charge >= 0.3 is 5.97 Å². The zero-order chi connectivity index (χ0) is 15.1. The van der Waals surface area contributed by atoms with Gasteiger partial charge < -0.3 is 10.4 Å². The molecule has 0 aliphatic carbocycles. The molecule has 1 aromatic carbocycles. The summed E-state index contributed by atoms with van der Waals surface area (Å²) in [5.41, 5.74) is 0.395. The Morgan fingerprint density at radius 1 is 1.60 bits per heavy atom. The summed E-state index contributed by atoms with van der Waals surface area (Å²) < 4.78 is 0. The van der Waals surface area contributed by atoms with Crippen LogP contribution in [0.1, 0.15) is 25.3 Å². The first kappa shape index (κ1) is 15.4. The molecule has 7 heteroatoms. The lowest BCUT2D eigenvalue weighted by Crippen LogP contribution is -2.13. The summed E-state index contributed by atoms with van der Waals surface area (Å²) in [4.78, 5) is 20.8. The molecule has 1 aromatic rings. The minimum atomic E-state index is -0.860. The molecule has 0 saturated carbocycles. The third-order valence-corrected chi connectivity index (χ3v) is 2.82. The molecule has 20 heavy (non-hydrogen) atoms. The summed E-state index contributed by atoms with van der Waals surface area (Å²) >= 11 is 0. The second kappa shape index (κ2) is 7.09. The molecule has 7 nitrogen and oxygen atoms in total. The highest BCUT2D eigenvalue weighted by Gasteiger charge is 2.15. The molecule has 0 bridgehead atoms. The van der Waals surface area contributed by atoms with Gasteiger partial charge in [-0.2, -0.15) is 5.26 Å². The zero-order valence-electron chi connectivity index (χ0n) is 11.0. The number of rotatable bonds is 7. The number of carboxylic acid groups (broad SMARTS) is 1. The fourth-order valence-corrected chi connectivity index (χ4v) is 1.66. The van der Waals surface area contributed by atoms with Gasteiger partial charge in [-0.25, -0.2) is 0 Å². The second-order valence-electron chi connectivity index (χ2n) is 4.52. The van der Waals surface area contributed by atoms with E-state index >= 15 is 0 Å². The summed E-state index contributed by atoms with van der Waals surface area (Å²) in [6.45, 7) is 2.30. The lowest BCUT2D eigenvalue weighted by atomic mass is 10.1. The van der Waals surface area contributed by atoms with E-state index in [9.17, 15) is 14.9 Å². The Kier molecular flexibility index (Phi) is 5.47. The van der Waals surface area contributed by atoms with Crippen LogP contribution in [0.15, 0.2) is 18.2 Å². The van der Waals surface area contributed by atoms with Gasteiger partial charge in [-0.3, -0.25) is 14.9 Å². The number of nitrogens with one attached hydrogen (secondary N) is 1. The lowest BCUT2D eigenvalue weighted by Gasteiger charge is -2.12. The molecule has 1 atom stereocenters. The van der Waals surface area contributed by atoms with Crippen LogP contribution in [-0.2, 0) is 4.79 Å². The van der Waals surface area contributed by atoms with Crippen LogP contribution in [0.5, 0.6) is 0 Å². The SMILES string of the molecule is CC(CCC(=O)O)CNc1ccc(C#N)cc1[N+](=O)[O-]. The second-order valence-corrected chi connectivity index (χ2v) is 4.52. The van der Waals surface area contributed by atoms with E-state index in [1.807, 2.05) is 13.0 Å². The van der Waals surface area contributed by atoms with Crippen molar-refractivity contribution in [3.63, 3.8) is 0 Å². The Balaban J connectivity index is 2.70. The molecule has 0 saturated heterocycles. The minimum absolute atomic E-state index is 0.0678. The van der Waals surface area contributed by atoms with Gasteiger partial charge in [0.05, 0.1) is 16.6 Å². The first-order valence-corrected chi connectivity index (χ1v) is 6.08. The van der Waals surface area contributed by atoms with E-state index in [0.717, 1.165) is 0 Å². The molecule has 0 amide bonds. The van der Waals surface area contributed by atoms with Crippen LogP contribution in [-0.4, -0.2) is 22.5 Å². The van der Waals surface area contributed by atoms with Gasteiger partial charge in [0.15, 0.2) is 0 Å². The van der Waals surface area contributed by atoms with Crippen molar-refractivity contribution in [3.8, 4) is 6.07 Å². The Morgan fingerprint density at radius 3 is 2.85 bits per heavy atom. The molecule has 1 rings (SSSR count). The topological polar surface area (TPSA) is 116 Å². The van der Waals surface area contributed by atoms with Gasteiger partial charge in [0, 0.05) is 19.0 Å². The summed E-state index contributed by atoms with van der Waals surface area (Å²) in [5.74, 6) is -0.789. The maximum Gasteiger partial charge on any atom is 0.303 e. The van der Waals surface area contributed by atoms with Crippen LogP contribution in [0.2, 0.25) is 0 Å². The van der Waals surface area contributed by atoms with Crippen LogP contribution >= 0.6 is 0 Å². The van der Waals surface area contributed by atoms with Gasteiger partial charge in [-0.1, -0.05) is 6.92 Å². The predicted molar refractivity (Wildman–Crippen MR) is 72.3 cm³/mol. The normalized spacial score (nSPS) is 11.4. The number of nitro groups is 1. The van der Waals surface area contributed by atoms with Crippen molar-refractivity contribution in [3.05, 3.63) is 33.9 Å². The van der Waals surface area contributed by atoms with Gasteiger partial charge in [0.2, 0.25) is 0 Å². The van der Waals surface area contributed by atoms with Crippen molar-refractivity contribution in [2.45, 2.75) is 19.8 Å². The number of nitrogens with zero attached hydrogens (tertiary/aromatic N) is 2. The summed E-state index contributed by atoms with van der Waals surface area (Å²) in [6, 6.07) is 6.05. The number of carbonyl (C=O) groups is 1. The van der Waals surface area contributed by atoms with E-state index in [-0.39, 0.29) is 23.6 Å². The van der Waals surface area contributed by atoms with E-state index < -0.39 is 10.9 Å². The molecule has 0 aliphatic heterocycles. The first-order valence-electron chi connectivity index (χ1n) is 6.08. The van der Waals surface area contributed by atoms with Gasteiger partial charge in [-0.05, 0) is 24.5 Å². The summed E-state index contributed by atoms with van der Waals surface area (Å²) in [7, 11) is 0. The van der Waals surface area contributed by atoms with Gasteiger partial charge in [-0.15, -0.1) is 0 Å². The molecule has 0 radical (unpaired) electrons. The highest BCUT2D eigenvalue weighted by molar-refractivity contribution is 5.66. The Bertz CT molecular complexity index is 551. The monoisotopic (exact) mass is 277 g/mol. The maximum absolute atomic E-state index is 10.9. The third-order valence-electron chi connectivity index (χ3n) is 2.82. The van der Waals surface area contributed by atoms with Crippen molar-refractivity contribution >= 4 is 17.3 Å². The molecular formula is C13H15N3O4. The van der Waals surface area contributed by atoms with Crippen molar-refractivity contribution in [2.75, 3.05) is 11.9 Å². The number of benzene rings is 1. The molecule has 0 fully saturated rings. The molecule has 106 valence electrons. The van der Waals surface area contributed by atoms with E-state index in [0.29, 0.717) is 18.7 Å². The standard InChI is InChI=1S/C13H15N3O4/c1-9(2-5-13(17)18)8-15-11-4-3-10(7-14)6-12(11)16(19)20/h3-4,6,9,15H,2,5,8H2,1H3,(H,17,18). The molecule has 0 spiro atoms. The van der Waals surface area contributed by atoms with Crippen LogP contribution < -0.4 is 5.32 Å². The van der Waals surface area contributed by atoms with Crippen LogP contribution in [0.25, 0.3) is 0 Å². The molecule has 0 aliphatic rings. The summed E-state index contributed by atoms with van der Waals surface area (Å²) in [5, 5.41) is 31.2. The molecule has 1 unspecified atom stereocenters. The number of carboxylic acids is 1. The van der Waals surface area contributed by atoms with Crippen molar-refractivity contribution in [1.29, 1.82) is 5.26 Å². The maximum atomic E-state index is 10.9. The molecule has 0 aromatic heterocycles. The van der Waals surface area contributed by atoms with Crippen LogP contribution in [0.3, 0.4) is 0 Å². The fraction of sp³-hybridized carbons (Fsp3) is 0.385. The van der Waals surface area contributed by atoms with Crippen molar-refractivity contribution in [1.82, 2.24) is 0 Å². The third kappa shape index (κ3) is 4.57. The fourth-order valence-electron chi connectivity index (χ4n) is 1.66. The number of hydrogen-bond acceptors (Lipinski definition) is 5.